The summed E-state index contributed by atoms with van der Waals surface area (Å²) >= 11 is 0. The normalized spacial score (nSPS) is 51.3. The van der Waals surface area contributed by atoms with Crippen LogP contribution in [0.2, 0.25) is 0 Å². The van der Waals surface area contributed by atoms with Gasteiger partial charge in [-0.1, -0.05) is 0 Å². The van der Waals surface area contributed by atoms with E-state index in [1.807, 2.05) is 0 Å². The van der Waals surface area contributed by atoms with Crippen LogP contribution in [0.5, 0.6) is 0 Å². The molecule has 16 heteroatoms. The van der Waals surface area contributed by atoms with Crippen molar-refractivity contribution < 1.29 is 79.5 Å². The lowest BCUT2D eigenvalue weighted by atomic mass is 9.97. The van der Waals surface area contributed by atoms with Crippen molar-refractivity contribution in [3.63, 3.8) is 0 Å². The number of hydrogen-bond acceptors (Lipinski definition) is 16. The summed E-state index contributed by atoms with van der Waals surface area (Å²) in [5.74, 6) is 0. The van der Waals surface area contributed by atoms with Gasteiger partial charge in [-0.25, -0.2) is 0 Å². The van der Waals surface area contributed by atoms with Gasteiger partial charge >= 0.3 is 0 Å². The maximum Gasteiger partial charge on any atom is 0.187 e. The molecule has 0 amide bonds. The molecule has 0 aromatic carbocycles. The molecule has 6 unspecified atom stereocenters. The van der Waals surface area contributed by atoms with Crippen LogP contribution in [0, 0.1) is 0 Å². The molecule has 3 heterocycles. The summed E-state index contributed by atoms with van der Waals surface area (Å²) in [5.41, 5.74) is 0. The first-order chi connectivity index (χ1) is 16.5. The van der Waals surface area contributed by atoms with Crippen LogP contribution in [0.25, 0.3) is 0 Å². The summed E-state index contributed by atoms with van der Waals surface area (Å²) in [6, 6.07) is 0. The van der Waals surface area contributed by atoms with Crippen LogP contribution in [0.3, 0.4) is 0 Å². The molecule has 0 aromatic heterocycles. The SMILES string of the molecule is COCC1O[C@H](OCC2O[C@@H](O[C@H]3C(O)C(O)[C@H](O)O[C@H]3CO)C(O)[C@@H](O)[C@@H]2O)C(O)[C@@H](O)[C@H]1O. The first-order valence-electron chi connectivity index (χ1n) is 11.0. The Morgan fingerprint density at radius 1 is 0.571 bits per heavy atom. The number of rotatable bonds is 8. The molecule has 3 fully saturated rings. The molecular weight excluding hydrogens is 484 g/mol. The van der Waals surface area contributed by atoms with Crippen molar-refractivity contribution in [1.29, 1.82) is 0 Å². The third-order valence-corrected chi connectivity index (χ3v) is 6.22. The first-order valence-corrected chi connectivity index (χ1v) is 11.0. The summed E-state index contributed by atoms with van der Waals surface area (Å²) in [6.45, 7) is -1.45. The molecule has 0 aliphatic carbocycles. The summed E-state index contributed by atoms with van der Waals surface area (Å²) in [5, 5.41) is 100. The number of aliphatic hydroxyl groups excluding tert-OH is 10. The van der Waals surface area contributed by atoms with E-state index in [9.17, 15) is 51.1 Å². The second-order valence-corrected chi connectivity index (χ2v) is 8.65. The fourth-order valence-corrected chi connectivity index (χ4v) is 4.10. The molecule has 3 aliphatic heterocycles. The lowest BCUT2D eigenvalue weighted by molar-refractivity contribution is -0.362. The van der Waals surface area contributed by atoms with Gasteiger partial charge in [0.15, 0.2) is 18.9 Å². The van der Waals surface area contributed by atoms with E-state index >= 15 is 0 Å². The molecule has 0 aromatic rings. The number of methoxy groups -OCH3 is 1. The third kappa shape index (κ3) is 6.10. The van der Waals surface area contributed by atoms with Gasteiger partial charge in [-0.2, -0.15) is 0 Å². The molecule has 3 aliphatic rings. The van der Waals surface area contributed by atoms with E-state index < -0.39 is 105 Å². The maximum absolute atomic E-state index is 10.3. The highest BCUT2D eigenvalue weighted by Gasteiger charge is 2.51. The van der Waals surface area contributed by atoms with Gasteiger partial charge in [0.2, 0.25) is 0 Å². The van der Waals surface area contributed by atoms with Crippen LogP contribution in [-0.2, 0) is 28.4 Å². The molecular formula is C19H34O16. The van der Waals surface area contributed by atoms with Crippen molar-refractivity contribution >= 4 is 0 Å². The van der Waals surface area contributed by atoms with E-state index in [2.05, 4.69) is 0 Å². The third-order valence-electron chi connectivity index (χ3n) is 6.22. The molecule has 35 heavy (non-hydrogen) atoms. The van der Waals surface area contributed by atoms with E-state index in [0.29, 0.717) is 0 Å². The quantitative estimate of drug-likeness (QED) is 0.143. The minimum Gasteiger partial charge on any atom is -0.394 e. The Kier molecular flexibility index (Phi) is 10.1. The van der Waals surface area contributed by atoms with Gasteiger partial charge in [-0.3, -0.25) is 0 Å². The van der Waals surface area contributed by atoms with Crippen LogP contribution in [0.4, 0.5) is 0 Å². The van der Waals surface area contributed by atoms with E-state index in [1.54, 1.807) is 0 Å². The molecule has 3 saturated heterocycles. The average Bonchev–Trinajstić information content (AvgIpc) is 2.84. The second kappa shape index (κ2) is 12.3. The highest BCUT2D eigenvalue weighted by molar-refractivity contribution is 4.94. The Labute approximate surface area is 199 Å². The molecule has 0 saturated carbocycles. The number of ether oxygens (including phenoxy) is 6. The van der Waals surface area contributed by atoms with Crippen molar-refractivity contribution in [2.75, 3.05) is 26.9 Å². The van der Waals surface area contributed by atoms with Gasteiger partial charge in [0.25, 0.3) is 0 Å². The monoisotopic (exact) mass is 518 g/mol. The Balaban J connectivity index is 1.66. The van der Waals surface area contributed by atoms with Crippen LogP contribution < -0.4 is 0 Å². The van der Waals surface area contributed by atoms with Gasteiger partial charge < -0.3 is 79.5 Å². The lowest BCUT2D eigenvalue weighted by Gasteiger charge is -2.46. The highest BCUT2D eigenvalue weighted by Crippen LogP contribution is 2.30. The molecule has 206 valence electrons. The molecule has 0 radical (unpaired) electrons. The van der Waals surface area contributed by atoms with Crippen molar-refractivity contribution in [3.8, 4) is 0 Å². The van der Waals surface area contributed by atoms with Crippen molar-refractivity contribution in [2.24, 2.45) is 0 Å². The lowest BCUT2D eigenvalue weighted by Crippen LogP contribution is -2.65. The summed E-state index contributed by atoms with van der Waals surface area (Å²) in [7, 11) is 1.33. The van der Waals surface area contributed by atoms with E-state index in [1.165, 1.54) is 7.11 Å². The maximum atomic E-state index is 10.3. The number of hydrogen-bond donors (Lipinski definition) is 10. The fourth-order valence-electron chi connectivity index (χ4n) is 4.10. The summed E-state index contributed by atoms with van der Waals surface area (Å²) in [6.07, 6.45) is -24.1. The van der Waals surface area contributed by atoms with Gasteiger partial charge in [0.1, 0.15) is 73.2 Å². The van der Waals surface area contributed by atoms with Crippen molar-refractivity contribution in [1.82, 2.24) is 0 Å². The standard InChI is InChI=1S/C19H34O16/c1-30-3-6-8(21)10(23)14(27)18(33-6)31-4-7-9(22)11(24)15(28)19(34-7)35-16-5(2-20)32-17(29)13(26)12(16)25/h5-29H,2-4H2,1H3/t5-,6?,7?,8-,9+,10-,11-,12?,13?,14?,15?,16+,17+,18-,19-/m0/s1. The van der Waals surface area contributed by atoms with E-state index in [4.69, 9.17) is 28.4 Å². The van der Waals surface area contributed by atoms with Crippen molar-refractivity contribution in [2.45, 2.75) is 92.1 Å². The predicted molar refractivity (Wildman–Crippen MR) is 106 cm³/mol. The molecule has 16 nitrogen and oxygen atoms in total. The Morgan fingerprint density at radius 2 is 1.11 bits per heavy atom. The van der Waals surface area contributed by atoms with Gasteiger partial charge in [0.05, 0.1) is 19.8 Å². The largest absolute Gasteiger partial charge is 0.394 e. The smallest absolute Gasteiger partial charge is 0.187 e. The zero-order valence-electron chi connectivity index (χ0n) is 18.7. The molecule has 0 spiro atoms. The summed E-state index contributed by atoms with van der Waals surface area (Å²) in [4.78, 5) is 0. The summed E-state index contributed by atoms with van der Waals surface area (Å²) < 4.78 is 31.6. The molecule has 3 rings (SSSR count). The van der Waals surface area contributed by atoms with Gasteiger partial charge in [-0.05, 0) is 0 Å². The Bertz CT molecular complexity index is 654. The minimum absolute atomic E-state index is 0.132. The second-order valence-electron chi connectivity index (χ2n) is 8.65. The molecule has 0 bridgehead atoms. The Morgan fingerprint density at radius 3 is 1.69 bits per heavy atom. The molecule has 10 N–H and O–H groups in total. The van der Waals surface area contributed by atoms with Gasteiger partial charge in [0, 0.05) is 7.11 Å². The van der Waals surface area contributed by atoms with Crippen LogP contribution in [0.1, 0.15) is 0 Å². The minimum atomic E-state index is -1.85. The van der Waals surface area contributed by atoms with Crippen molar-refractivity contribution in [3.05, 3.63) is 0 Å². The zero-order valence-corrected chi connectivity index (χ0v) is 18.7. The van der Waals surface area contributed by atoms with Crippen LogP contribution >= 0.6 is 0 Å². The van der Waals surface area contributed by atoms with E-state index in [0.717, 1.165) is 0 Å². The number of aliphatic hydroxyl groups is 10. The van der Waals surface area contributed by atoms with Gasteiger partial charge in [-0.15, -0.1) is 0 Å². The Hall–Kier alpha value is -0.640. The first kappa shape index (κ1) is 28.9. The van der Waals surface area contributed by atoms with E-state index in [-0.39, 0.29) is 6.61 Å². The van der Waals surface area contributed by atoms with Crippen LogP contribution in [-0.4, -0.2) is 170 Å². The fraction of sp³-hybridized carbons (Fsp3) is 1.00. The highest BCUT2D eigenvalue weighted by atomic mass is 16.7. The molecule has 15 atom stereocenters. The predicted octanol–water partition coefficient (Wildman–Crippen LogP) is -6.92. The average molecular weight is 518 g/mol. The van der Waals surface area contributed by atoms with Crippen LogP contribution in [0.15, 0.2) is 0 Å². The topological polar surface area (TPSA) is 258 Å². The zero-order chi connectivity index (χ0) is 26.0.